The Morgan fingerprint density at radius 2 is 2.00 bits per heavy atom. The van der Waals surface area contributed by atoms with E-state index in [1.54, 1.807) is 4.90 Å². The Bertz CT molecular complexity index is 454. The fraction of sp³-hybridized carbons (Fsp3) is 0.750. The van der Waals surface area contributed by atoms with E-state index in [0.717, 1.165) is 12.8 Å². The number of hydrogen-bond acceptors (Lipinski definition) is 5. The first-order valence-corrected chi connectivity index (χ1v) is 7.46. The number of ether oxygens (including phenoxy) is 2. The molecule has 1 N–H and O–H groups in total. The van der Waals surface area contributed by atoms with Crippen molar-refractivity contribution in [2.45, 2.75) is 64.2 Å². The molecule has 0 aromatic rings. The summed E-state index contributed by atoms with van der Waals surface area (Å²) in [5.41, 5.74) is -1.15. The zero-order valence-electron chi connectivity index (χ0n) is 14.1. The lowest BCUT2D eigenvalue weighted by atomic mass is 9.89. The molecular weight excluding hydrogens is 286 g/mol. The summed E-state index contributed by atoms with van der Waals surface area (Å²) < 4.78 is 9.99. The van der Waals surface area contributed by atoms with Crippen LogP contribution < -0.4 is 0 Å². The second kappa shape index (κ2) is 6.69. The van der Waals surface area contributed by atoms with Gasteiger partial charge in [0.2, 0.25) is 0 Å². The Balaban J connectivity index is 2.80. The fourth-order valence-electron chi connectivity index (χ4n) is 2.67. The summed E-state index contributed by atoms with van der Waals surface area (Å²) in [5, 5.41) is 10.2. The van der Waals surface area contributed by atoms with Crippen LogP contribution in [0.1, 0.15) is 47.0 Å². The van der Waals surface area contributed by atoms with Crippen molar-refractivity contribution >= 4 is 12.1 Å². The number of amides is 1. The third-order valence-corrected chi connectivity index (χ3v) is 3.85. The first kappa shape index (κ1) is 18.5. The SMILES string of the molecule is C=C(C(=O)OC)C(O)CC1(C)CCCN1C(=O)OC(C)(C)C. The van der Waals surface area contributed by atoms with Gasteiger partial charge in [-0.15, -0.1) is 0 Å². The van der Waals surface area contributed by atoms with E-state index in [1.807, 2.05) is 27.7 Å². The highest BCUT2D eigenvalue weighted by atomic mass is 16.6. The molecule has 22 heavy (non-hydrogen) atoms. The second-order valence-electron chi connectivity index (χ2n) is 6.97. The molecule has 0 radical (unpaired) electrons. The molecule has 1 rings (SSSR count). The molecule has 1 aliphatic heterocycles. The normalized spacial score (nSPS) is 23.1. The lowest BCUT2D eigenvalue weighted by molar-refractivity contribution is -0.137. The van der Waals surface area contributed by atoms with Crippen molar-refractivity contribution in [3.05, 3.63) is 12.2 Å². The predicted octanol–water partition coefficient (Wildman–Crippen LogP) is 2.26. The number of aliphatic hydroxyl groups excluding tert-OH is 1. The molecule has 0 saturated carbocycles. The van der Waals surface area contributed by atoms with Gasteiger partial charge in [-0.25, -0.2) is 9.59 Å². The smallest absolute Gasteiger partial charge is 0.410 e. The zero-order valence-corrected chi connectivity index (χ0v) is 14.1. The first-order chi connectivity index (χ1) is 10.00. The summed E-state index contributed by atoms with van der Waals surface area (Å²) in [7, 11) is 1.24. The van der Waals surface area contributed by atoms with E-state index in [0.29, 0.717) is 6.54 Å². The number of aliphatic hydroxyl groups is 1. The van der Waals surface area contributed by atoms with Gasteiger partial charge in [0.15, 0.2) is 0 Å². The van der Waals surface area contributed by atoms with Crippen LogP contribution in [0.2, 0.25) is 0 Å². The average molecular weight is 313 g/mol. The van der Waals surface area contributed by atoms with Gasteiger partial charge in [-0.3, -0.25) is 0 Å². The third kappa shape index (κ3) is 4.47. The molecule has 0 aromatic heterocycles. The van der Waals surface area contributed by atoms with Crippen LogP contribution in [0, 0.1) is 0 Å². The van der Waals surface area contributed by atoms with Gasteiger partial charge >= 0.3 is 12.1 Å². The van der Waals surface area contributed by atoms with Gasteiger partial charge in [-0.1, -0.05) is 6.58 Å². The second-order valence-corrected chi connectivity index (χ2v) is 6.97. The van der Waals surface area contributed by atoms with E-state index in [2.05, 4.69) is 11.3 Å². The van der Waals surface area contributed by atoms with Crippen LogP contribution in [0.15, 0.2) is 12.2 Å². The van der Waals surface area contributed by atoms with E-state index >= 15 is 0 Å². The maximum Gasteiger partial charge on any atom is 0.410 e. The summed E-state index contributed by atoms with van der Waals surface area (Å²) >= 11 is 0. The summed E-state index contributed by atoms with van der Waals surface area (Å²) in [6, 6.07) is 0. The highest BCUT2D eigenvalue weighted by Crippen LogP contribution is 2.35. The molecule has 126 valence electrons. The van der Waals surface area contributed by atoms with Crippen LogP contribution >= 0.6 is 0 Å². The number of carbonyl (C=O) groups excluding carboxylic acids is 2. The number of likely N-dealkylation sites (tertiary alicyclic amines) is 1. The molecule has 2 unspecified atom stereocenters. The van der Waals surface area contributed by atoms with Crippen molar-refractivity contribution in [2.24, 2.45) is 0 Å². The summed E-state index contributed by atoms with van der Waals surface area (Å²) in [6.45, 7) is 11.5. The summed E-state index contributed by atoms with van der Waals surface area (Å²) in [4.78, 5) is 25.4. The molecule has 0 aliphatic carbocycles. The minimum absolute atomic E-state index is 0.000219. The Kier molecular flexibility index (Phi) is 5.62. The maximum atomic E-state index is 12.3. The van der Waals surface area contributed by atoms with Crippen molar-refractivity contribution in [2.75, 3.05) is 13.7 Å². The monoisotopic (exact) mass is 313 g/mol. The minimum atomic E-state index is -1.06. The van der Waals surface area contributed by atoms with E-state index < -0.39 is 29.3 Å². The Morgan fingerprint density at radius 3 is 2.50 bits per heavy atom. The van der Waals surface area contributed by atoms with E-state index in [1.165, 1.54) is 7.11 Å². The van der Waals surface area contributed by atoms with Crippen molar-refractivity contribution in [1.82, 2.24) is 4.90 Å². The highest BCUT2D eigenvalue weighted by molar-refractivity contribution is 5.88. The van der Waals surface area contributed by atoms with Gasteiger partial charge in [-0.05, 0) is 40.5 Å². The van der Waals surface area contributed by atoms with Gasteiger partial charge in [-0.2, -0.15) is 0 Å². The lowest BCUT2D eigenvalue weighted by Crippen LogP contribution is -2.49. The quantitative estimate of drug-likeness (QED) is 0.636. The standard InChI is InChI=1S/C16H27NO5/c1-11(13(19)21-6)12(18)10-16(5)8-7-9-17(16)14(20)22-15(2,3)4/h12,18H,1,7-10H2,2-6H3. The Labute approximate surface area is 132 Å². The van der Waals surface area contributed by atoms with E-state index in [4.69, 9.17) is 4.74 Å². The van der Waals surface area contributed by atoms with Crippen LogP contribution in [0.4, 0.5) is 4.79 Å². The van der Waals surface area contributed by atoms with Crippen LogP contribution in [-0.2, 0) is 14.3 Å². The van der Waals surface area contributed by atoms with Crippen LogP contribution in [0.25, 0.3) is 0 Å². The predicted molar refractivity (Wildman–Crippen MR) is 82.4 cm³/mol. The summed E-state index contributed by atoms with van der Waals surface area (Å²) in [5.74, 6) is -0.641. The number of carbonyl (C=O) groups is 2. The van der Waals surface area contributed by atoms with Crippen molar-refractivity contribution in [1.29, 1.82) is 0 Å². The van der Waals surface area contributed by atoms with E-state index in [9.17, 15) is 14.7 Å². The average Bonchev–Trinajstić information content (AvgIpc) is 2.76. The van der Waals surface area contributed by atoms with Crippen LogP contribution in [-0.4, -0.2) is 53.0 Å². The minimum Gasteiger partial charge on any atom is -0.466 e. The molecule has 0 spiro atoms. The van der Waals surface area contributed by atoms with Gasteiger partial charge in [0.1, 0.15) is 5.60 Å². The molecular formula is C16H27NO5. The number of rotatable bonds is 4. The largest absolute Gasteiger partial charge is 0.466 e. The molecule has 6 nitrogen and oxygen atoms in total. The number of nitrogens with zero attached hydrogens (tertiary/aromatic N) is 1. The van der Waals surface area contributed by atoms with Crippen molar-refractivity contribution in [3.8, 4) is 0 Å². The topological polar surface area (TPSA) is 76.1 Å². The number of esters is 1. The van der Waals surface area contributed by atoms with Gasteiger partial charge in [0, 0.05) is 18.5 Å². The molecule has 0 bridgehead atoms. The molecule has 1 aliphatic rings. The van der Waals surface area contributed by atoms with E-state index in [-0.39, 0.29) is 12.0 Å². The van der Waals surface area contributed by atoms with Crippen molar-refractivity contribution < 1.29 is 24.2 Å². The Hall–Kier alpha value is -1.56. The number of methoxy groups -OCH3 is 1. The maximum absolute atomic E-state index is 12.3. The molecule has 1 fully saturated rings. The van der Waals surface area contributed by atoms with Gasteiger partial charge < -0.3 is 19.5 Å². The molecule has 0 aromatic carbocycles. The molecule has 1 heterocycles. The third-order valence-electron chi connectivity index (χ3n) is 3.85. The number of hydrogen-bond donors (Lipinski definition) is 1. The van der Waals surface area contributed by atoms with Gasteiger partial charge in [0.05, 0.1) is 18.8 Å². The van der Waals surface area contributed by atoms with Crippen LogP contribution in [0.3, 0.4) is 0 Å². The molecule has 6 heteroatoms. The summed E-state index contributed by atoms with van der Waals surface area (Å²) in [6.07, 6.45) is 0.328. The first-order valence-electron chi connectivity index (χ1n) is 7.46. The Morgan fingerprint density at radius 1 is 1.41 bits per heavy atom. The molecule has 1 saturated heterocycles. The fourth-order valence-corrected chi connectivity index (χ4v) is 2.67. The van der Waals surface area contributed by atoms with Gasteiger partial charge in [0.25, 0.3) is 0 Å². The molecule has 2 atom stereocenters. The molecule has 1 amide bonds. The van der Waals surface area contributed by atoms with Crippen LogP contribution in [0.5, 0.6) is 0 Å². The lowest BCUT2D eigenvalue weighted by Gasteiger charge is -2.37. The zero-order chi connectivity index (χ0) is 17.1. The highest BCUT2D eigenvalue weighted by Gasteiger charge is 2.43. The van der Waals surface area contributed by atoms with Crippen molar-refractivity contribution in [3.63, 3.8) is 0 Å².